The monoisotopic (exact) mass is 342 g/mol. The van der Waals surface area contributed by atoms with Gasteiger partial charge >= 0.3 is 0 Å². The van der Waals surface area contributed by atoms with Crippen LogP contribution in [0.2, 0.25) is 0 Å². The third kappa shape index (κ3) is 3.35. The van der Waals surface area contributed by atoms with E-state index in [1.54, 1.807) is 0 Å². The number of hydrogen-bond donors (Lipinski definition) is 0. The Balaban J connectivity index is 1.60. The van der Waals surface area contributed by atoms with E-state index < -0.39 is 0 Å². The minimum Gasteiger partial charge on any atom is -0.488 e. The van der Waals surface area contributed by atoms with Gasteiger partial charge in [0.05, 0.1) is 5.56 Å². The quantitative estimate of drug-likeness (QED) is 0.494. The summed E-state index contributed by atoms with van der Waals surface area (Å²) in [6.07, 6.45) is 0. The first-order valence-electron chi connectivity index (χ1n) is 8.47. The molecule has 0 saturated carbocycles. The van der Waals surface area contributed by atoms with Crippen molar-refractivity contribution in [3.63, 3.8) is 0 Å². The molecule has 0 unspecified atom stereocenters. The minimum absolute atomic E-state index is 0.448. The first-order valence-corrected chi connectivity index (χ1v) is 8.47. The summed E-state index contributed by atoms with van der Waals surface area (Å²) >= 11 is 0. The van der Waals surface area contributed by atoms with Gasteiger partial charge in [-0.25, -0.2) is 0 Å². The van der Waals surface area contributed by atoms with Crippen molar-refractivity contribution >= 4 is 0 Å². The van der Waals surface area contributed by atoms with Crippen molar-refractivity contribution in [3.8, 4) is 28.7 Å². The number of aryl methyl sites for hydroxylation is 1. The molecule has 3 aromatic carbocycles. The van der Waals surface area contributed by atoms with Crippen LogP contribution in [-0.2, 0) is 6.61 Å². The molecule has 0 spiro atoms. The molecule has 0 fully saturated rings. The van der Waals surface area contributed by atoms with E-state index in [1.165, 1.54) is 5.56 Å². The van der Waals surface area contributed by atoms with E-state index in [2.05, 4.69) is 29.3 Å². The maximum Gasteiger partial charge on any atom is 0.251 e. The second-order valence-electron chi connectivity index (χ2n) is 5.99. The summed E-state index contributed by atoms with van der Waals surface area (Å²) < 4.78 is 11.9. The van der Waals surface area contributed by atoms with E-state index in [1.807, 2.05) is 66.7 Å². The molecule has 4 rings (SSSR count). The molecule has 128 valence electrons. The lowest BCUT2D eigenvalue weighted by atomic mass is 10.1. The van der Waals surface area contributed by atoms with Crippen LogP contribution in [0.1, 0.15) is 11.1 Å². The molecule has 0 bridgehead atoms. The van der Waals surface area contributed by atoms with Crippen molar-refractivity contribution in [2.75, 3.05) is 0 Å². The minimum atomic E-state index is 0.448. The fourth-order valence-electron chi connectivity index (χ4n) is 2.73. The number of aromatic nitrogens is 2. The van der Waals surface area contributed by atoms with Crippen molar-refractivity contribution < 1.29 is 9.15 Å². The fraction of sp³-hybridized carbons (Fsp3) is 0.0909. The van der Waals surface area contributed by atoms with Gasteiger partial charge in [0.1, 0.15) is 12.4 Å². The molecule has 0 aliphatic rings. The molecule has 26 heavy (non-hydrogen) atoms. The van der Waals surface area contributed by atoms with Crippen molar-refractivity contribution in [1.82, 2.24) is 10.2 Å². The third-order valence-corrected chi connectivity index (χ3v) is 4.21. The molecule has 0 N–H and O–H groups in total. The van der Waals surface area contributed by atoms with Crippen LogP contribution in [0, 0.1) is 6.92 Å². The predicted molar refractivity (Wildman–Crippen MR) is 101 cm³/mol. The van der Waals surface area contributed by atoms with Crippen molar-refractivity contribution in [2.24, 2.45) is 0 Å². The summed E-state index contributed by atoms with van der Waals surface area (Å²) in [6.45, 7) is 2.57. The molecule has 4 aromatic rings. The number of benzene rings is 3. The van der Waals surface area contributed by atoms with Gasteiger partial charge in [-0.05, 0) is 42.3 Å². The largest absolute Gasteiger partial charge is 0.488 e. The second kappa shape index (κ2) is 7.23. The van der Waals surface area contributed by atoms with Crippen LogP contribution in [0.15, 0.2) is 83.3 Å². The van der Waals surface area contributed by atoms with Gasteiger partial charge in [-0.15, -0.1) is 10.2 Å². The lowest BCUT2D eigenvalue weighted by molar-refractivity contribution is 0.306. The van der Waals surface area contributed by atoms with Crippen molar-refractivity contribution in [3.05, 3.63) is 90.0 Å². The molecule has 0 aliphatic carbocycles. The Kier molecular flexibility index (Phi) is 4.48. The molecule has 4 nitrogen and oxygen atoms in total. The smallest absolute Gasteiger partial charge is 0.251 e. The lowest BCUT2D eigenvalue weighted by Crippen LogP contribution is -1.99. The number of para-hydroxylation sites is 1. The topological polar surface area (TPSA) is 48.2 Å². The summed E-state index contributed by atoms with van der Waals surface area (Å²) in [5.41, 5.74) is 4.03. The zero-order valence-corrected chi connectivity index (χ0v) is 14.4. The lowest BCUT2D eigenvalue weighted by Gasteiger charge is -2.10. The third-order valence-electron chi connectivity index (χ3n) is 4.21. The highest BCUT2D eigenvalue weighted by molar-refractivity contribution is 5.64. The molecular weight excluding hydrogens is 324 g/mol. The standard InChI is InChI=1S/C22H18N2O2/c1-16-9-5-6-12-18(16)15-25-20-14-8-7-13-19(20)22-24-23-21(26-22)17-10-3-2-4-11-17/h2-14H,15H2,1H3. The average Bonchev–Trinajstić information content (AvgIpc) is 3.18. The SMILES string of the molecule is Cc1ccccc1COc1ccccc1-c1nnc(-c2ccccc2)o1. The molecule has 1 heterocycles. The summed E-state index contributed by atoms with van der Waals surface area (Å²) in [4.78, 5) is 0. The number of hydrogen-bond acceptors (Lipinski definition) is 4. The normalized spacial score (nSPS) is 10.7. The molecule has 1 aromatic heterocycles. The molecule has 4 heteroatoms. The van der Waals surface area contributed by atoms with Gasteiger partial charge in [0.2, 0.25) is 5.89 Å². The molecule has 0 radical (unpaired) electrons. The van der Waals surface area contributed by atoms with Crippen LogP contribution in [0.25, 0.3) is 22.9 Å². The van der Waals surface area contributed by atoms with Gasteiger partial charge < -0.3 is 9.15 Å². The zero-order chi connectivity index (χ0) is 17.8. The number of ether oxygens (including phenoxy) is 1. The molecule has 0 saturated heterocycles. The van der Waals surface area contributed by atoms with E-state index in [4.69, 9.17) is 9.15 Å². The van der Waals surface area contributed by atoms with Crippen LogP contribution < -0.4 is 4.74 Å². The van der Waals surface area contributed by atoms with Crippen LogP contribution >= 0.6 is 0 Å². The number of nitrogens with zero attached hydrogens (tertiary/aromatic N) is 2. The number of rotatable bonds is 5. The van der Waals surface area contributed by atoms with Gasteiger partial charge in [-0.3, -0.25) is 0 Å². The van der Waals surface area contributed by atoms with Gasteiger partial charge in [0.25, 0.3) is 5.89 Å². The highest BCUT2D eigenvalue weighted by Gasteiger charge is 2.14. The van der Waals surface area contributed by atoms with Gasteiger partial charge in [0.15, 0.2) is 0 Å². The van der Waals surface area contributed by atoms with Crippen LogP contribution in [0.3, 0.4) is 0 Å². The van der Waals surface area contributed by atoms with E-state index in [0.29, 0.717) is 18.4 Å². The van der Waals surface area contributed by atoms with Crippen molar-refractivity contribution in [1.29, 1.82) is 0 Å². The van der Waals surface area contributed by atoms with Crippen molar-refractivity contribution in [2.45, 2.75) is 13.5 Å². The van der Waals surface area contributed by atoms with Gasteiger partial charge in [-0.1, -0.05) is 54.6 Å². The van der Waals surface area contributed by atoms with E-state index in [9.17, 15) is 0 Å². The second-order valence-corrected chi connectivity index (χ2v) is 5.99. The maximum absolute atomic E-state index is 6.05. The van der Waals surface area contributed by atoms with E-state index in [0.717, 1.165) is 22.4 Å². The summed E-state index contributed by atoms with van der Waals surface area (Å²) in [6, 6.07) is 25.6. The van der Waals surface area contributed by atoms with Crippen LogP contribution in [0.4, 0.5) is 0 Å². The Morgan fingerprint density at radius 3 is 2.31 bits per heavy atom. The summed E-state index contributed by atoms with van der Waals surface area (Å²) in [7, 11) is 0. The Hall–Kier alpha value is -3.40. The average molecular weight is 342 g/mol. The predicted octanol–water partition coefficient (Wildman–Crippen LogP) is 5.29. The molecule has 0 amide bonds. The van der Waals surface area contributed by atoms with Gasteiger partial charge in [-0.2, -0.15) is 0 Å². The van der Waals surface area contributed by atoms with E-state index in [-0.39, 0.29) is 0 Å². The summed E-state index contributed by atoms with van der Waals surface area (Å²) in [5, 5.41) is 8.36. The highest BCUT2D eigenvalue weighted by Crippen LogP contribution is 2.31. The first-order chi connectivity index (χ1) is 12.8. The van der Waals surface area contributed by atoms with Crippen LogP contribution in [-0.4, -0.2) is 10.2 Å². The summed E-state index contributed by atoms with van der Waals surface area (Å²) in [5.74, 6) is 1.66. The highest BCUT2D eigenvalue weighted by atomic mass is 16.5. The Morgan fingerprint density at radius 2 is 1.46 bits per heavy atom. The first kappa shape index (κ1) is 16.1. The molecule has 0 atom stereocenters. The Bertz CT molecular complexity index is 1010. The fourth-order valence-corrected chi connectivity index (χ4v) is 2.73. The Morgan fingerprint density at radius 1 is 0.769 bits per heavy atom. The molecular formula is C22H18N2O2. The Labute approximate surface area is 152 Å². The van der Waals surface area contributed by atoms with E-state index >= 15 is 0 Å². The van der Waals surface area contributed by atoms with Gasteiger partial charge in [0, 0.05) is 5.56 Å². The van der Waals surface area contributed by atoms with Crippen LogP contribution in [0.5, 0.6) is 5.75 Å². The zero-order valence-electron chi connectivity index (χ0n) is 14.4. The maximum atomic E-state index is 6.05. The molecule has 0 aliphatic heterocycles.